The summed E-state index contributed by atoms with van der Waals surface area (Å²) in [4.78, 5) is 28.6. The molecule has 3 aromatic rings. The van der Waals surface area contributed by atoms with E-state index in [2.05, 4.69) is 24.4 Å². The van der Waals surface area contributed by atoms with Crippen LogP contribution in [0.3, 0.4) is 0 Å². The zero-order chi connectivity index (χ0) is 22.3. The van der Waals surface area contributed by atoms with Crippen molar-refractivity contribution in [3.8, 4) is 11.1 Å². The summed E-state index contributed by atoms with van der Waals surface area (Å²) >= 11 is 0. The van der Waals surface area contributed by atoms with Crippen molar-refractivity contribution in [3.05, 3.63) is 90.0 Å². The Morgan fingerprint density at radius 1 is 0.844 bits per heavy atom. The summed E-state index contributed by atoms with van der Waals surface area (Å²) in [6.07, 6.45) is 0.885. The Labute approximate surface area is 189 Å². The van der Waals surface area contributed by atoms with Gasteiger partial charge >= 0.3 is 0 Å². The number of para-hydroxylation sites is 1. The molecule has 164 valence electrons. The maximum absolute atomic E-state index is 12.9. The van der Waals surface area contributed by atoms with Gasteiger partial charge in [0.15, 0.2) is 6.54 Å². The molecule has 2 N–H and O–H groups in total. The third-order valence-corrected chi connectivity index (χ3v) is 6.08. The third-order valence-electron chi connectivity index (χ3n) is 6.08. The fraction of sp³-hybridized carbons (Fsp3) is 0.259. The normalized spacial score (nSPS) is 14.2. The molecule has 4 rings (SSSR count). The number of anilines is 1. The molecule has 0 atom stereocenters. The number of hydrogen-bond donors (Lipinski definition) is 2. The zero-order valence-corrected chi connectivity index (χ0v) is 18.5. The Morgan fingerprint density at radius 3 is 2.16 bits per heavy atom. The van der Waals surface area contributed by atoms with Crippen LogP contribution in [0, 0.1) is 0 Å². The van der Waals surface area contributed by atoms with Crippen molar-refractivity contribution in [1.82, 2.24) is 4.90 Å². The van der Waals surface area contributed by atoms with Gasteiger partial charge in [-0.1, -0.05) is 67.6 Å². The molecule has 0 bridgehead atoms. The number of aryl methyl sites for hydroxylation is 1. The van der Waals surface area contributed by atoms with Crippen molar-refractivity contribution in [1.29, 1.82) is 0 Å². The lowest BCUT2D eigenvalue weighted by molar-refractivity contribution is -0.895. The lowest BCUT2D eigenvalue weighted by Crippen LogP contribution is -3.15. The molecule has 0 saturated carbocycles. The van der Waals surface area contributed by atoms with Crippen LogP contribution in [0.15, 0.2) is 78.9 Å². The van der Waals surface area contributed by atoms with Crippen molar-refractivity contribution < 1.29 is 14.5 Å². The average molecular weight is 429 g/mol. The van der Waals surface area contributed by atoms with Gasteiger partial charge in [0.2, 0.25) is 0 Å². The summed E-state index contributed by atoms with van der Waals surface area (Å²) in [6.45, 7) is 5.38. The molecular weight excluding hydrogens is 398 g/mol. The minimum atomic E-state index is 0.0252. The van der Waals surface area contributed by atoms with Crippen LogP contribution in [0.5, 0.6) is 0 Å². The average Bonchev–Trinajstić information content (AvgIpc) is 2.85. The van der Waals surface area contributed by atoms with E-state index >= 15 is 0 Å². The van der Waals surface area contributed by atoms with Crippen LogP contribution in [-0.4, -0.2) is 49.4 Å². The molecule has 2 amide bonds. The van der Waals surface area contributed by atoms with Crippen molar-refractivity contribution in [2.24, 2.45) is 0 Å². The van der Waals surface area contributed by atoms with E-state index in [0.29, 0.717) is 25.2 Å². The first-order valence-corrected chi connectivity index (χ1v) is 11.3. The molecule has 0 radical (unpaired) electrons. The number of benzene rings is 3. The van der Waals surface area contributed by atoms with Crippen LogP contribution in [-0.2, 0) is 11.2 Å². The molecule has 5 nitrogen and oxygen atoms in total. The van der Waals surface area contributed by atoms with Gasteiger partial charge in [-0.3, -0.25) is 9.59 Å². The minimum Gasteiger partial charge on any atom is -0.327 e. The lowest BCUT2D eigenvalue weighted by Gasteiger charge is -2.32. The van der Waals surface area contributed by atoms with Crippen LogP contribution in [0.1, 0.15) is 22.8 Å². The van der Waals surface area contributed by atoms with Gasteiger partial charge in [-0.15, -0.1) is 0 Å². The van der Waals surface area contributed by atoms with E-state index in [1.807, 2.05) is 71.6 Å². The van der Waals surface area contributed by atoms with Gasteiger partial charge in [0, 0.05) is 11.3 Å². The Kier molecular flexibility index (Phi) is 6.97. The van der Waals surface area contributed by atoms with Crippen LogP contribution >= 0.6 is 0 Å². The first kappa shape index (κ1) is 21.8. The maximum atomic E-state index is 12.9. The van der Waals surface area contributed by atoms with Gasteiger partial charge in [-0.25, -0.2) is 0 Å². The van der Waals surface area contributed by atoms with Crippen LogP contribution in [0.4, 0.5) is 5.69 Å². The lowest BCUT2D eigenvalue weighted by atomic mass is 10.0. The number of rotatable bonds is 6. The maximum Gasteiger partial charge on any atom is 0.279 e. The summed E-state index contributed by atoms with van der Waals surface area (Å²) in [7, 11) is 0. The quantitative estimate of drug-likeness (QED) is 0.634. The number of nitrogens with zero attached hydrogens (tertiary/aromatic N) is 1. The number of carbonyl (C=O) groups excluding carboxylic acids is 2. The second-order valence-electron chi connectivity index (χ2n) is 8.22. The number of piperazine rings is 1. The second kappa shape index (κ2) is 10.2. The van der Waals surface area contributed by atoms with Crippen LogP contribution in [0.25, 0.3) is 11.1 Å². The summed E-state index contributed by atoms with van der Waals surface area (Å²) < 4.78 is 0. The minimum absolute atomic E-state index is 0.0252. The summed E-state index contributed by atoms with van der Waals surface area (Å²) in [5.41, 5.74) is 4.99. The molecule has 1 aliphatic heterocycles. The van der Waals surface area contributed by atoms with Crippen molar-refractivity contribution >= 4 is 17.5 Å². The Morgan fingerprint density at radius 2 is 1.47 bits per heavy atom. The summed E-state index contributed by atoms with van der Waals surface area (Å²) in [5.74, 6) is 0.0853. The van der Waals surface area contributed by atoms with E-state index in [9.17, 15) is 9.59 Å². The molecule has 32 heavy (non-hydrogen) atoms. The zero-order valence-electron chi connectivity index (χ0n) is 18.5. The second-order valence-corrected chi connectivity index (χ2v) is 8.22. The number of quaternary nitrogens is 1. The predicted octanol–water partition coefficient (Wildman–Crippen LogP) is 2.90. The van der Waals surface area contributed by atoms with E-state index < -0.39 is 0 Å². The number of hydrogen-bond acceptors (Lipinski definition) is 2. The Hall–Kier alpha value is -3.44. The predicted molar refractivity (Wildman–Crippen MR) is 128 cm³/mol. The van der Waals surface area contributed by atoms with Crippen molar-refractivity contribution in [2.75, 3.05) is 38.0 Å². The molecule has 1 heterocycles. The van der Waals surface area contributed by atoms with Gasteiger partial charge < -0.3 is 15.1 Å². The first-order valence-electron chi connectivity index (χ1n) is 11.3. The Bertz CT molecular complexity index is 1060. The monoisotopic (exact) mass is 428 g/mol. The fourth-order valence-electron chi connectivity index (χ4n) is 4.19. The highest BCUT2D eigenvalue weighted by Crippen LogP contribution is 2.20. The van der Waals surface area contributed by atoms with Crippen LogP contribution < -0.4 is 10.2 Å². The number of carbonyl (C=O) groups is 2. The summed E-state index contributed by atoms with van der Waals surface area (Å²) in [5, 5.41) is 3.05. The highest BCUT2D eigenvalue weighted by Gasteiger charge is 2.26. The molecule has 5 heteroatoms. The highest BCUT2D eigenvalue weighted by molar-refractivity contribution is 5.95. The molecule has 0 aliphatic carbocycles. The number of nitrogens with one attached hydrogen (secondary N) is 2. The standard InChI is InChI=1S/C27H29N3O2/c1-2-21-8-6-7-11-25(21)28-26(31)20-29-16-18-30(19-17-29)27(32)24-14-12-23(13-15-24)22-9-4-3-5-10-22/h3-15H,2,16-20H2,1H3,(H,28,31)/p+1. The molecule has 0 aromatic heterocycles. The molecule has 0 unspecified atom stereocenters. The molecular formula is C27H30N3O2+. The molecule has 1 aliphatic rings. The number of amides is 2. The van der Waals surface area contributed by atoms with E-state index in [-0.39, 0.29) is 11.8 Å². The van der Waals surface area contributed by atoms with Crippen LogP contribution in [0.2, 0.25) is 0 Å². The van der Waals surface area contributed by atoms with Crippen molar-refractivity contribution in [2.45, 2.75) is 13.3 Å². The smallest absolute Gasteiger partial charge is 0.279 e. The largest absolute Gasteiger partial charge is 0.327 e. The van der Waals surface area contributed by atoms with Gasteiger partial charge in [0.25, 0.3) is 11.8 Å². The third kappa shape index (κ3) is 5.24. The van der Waals surface area contributed by atoms with Gasteiger partial charge in [-0.05, 0) is 41.3 Å². The van der Waals surface area contributed by atoms with E-state index in [1.165, 1.54) is 4.90 Å². The fourth-order valence-corrected chi connectivity index (χ4v) is 4.19. The van der Waals surface area contributed by atoms with Gasteiger partial charge in [0.1, 0.15) is 0 Å². The molecule has 1 fully saturated rings. The molecule has 0 spiro atoms. The van der Waals surface area contributed by atoms with Gasteiger partial charge in [0.05, 0.1) is 26.2 Å². The van der Waals surface area contributed by atoms with Gasteiger partial charge in [-0.2, -0.15) is 0 Å². The SMILES string of the molecule is CCc1ccccc1NC(=O)C[NH+]1CCN(C(=O)c2ccc(-c3ccccc3)cc2)CC1. The van der Waals surface area contributed by atoms with E-state index in [0.717, 1.165) is 41.9 Å². The Balaban J connectivity index is 1.28. The highest BCUT2D eigenvalue weighted by atomic mass is 16.2. The topological polar surface area (TPSA) is 53.9 Å². The molecule has 1 saturated heterocycles. The summed E-state index contributed by atoms with van der Waals surface area (Å²) in [6, 6.07) is 25.9. The van der Waals surface area contributed by atoms with Crippen molar-refractivity contribution in [3.63, 3.8) is 0 Å². The van der Waals surface area contributed by atoms with E-state index in [1.54, 1.807) is 0 Å². The first-order chi connectivity index (χ1) is 15.6. The molecule has 3 aromatic carbocycles. The van der Waals surface area contributed by atoms with E-state index in [4.69, 9.17) is 0 Å².